The van der Waals surface area contributed by atoms with Crippen LogP contribution in [0.15, 0.2) is 23.3 Å². The van der Waals surface area contributed by atoms with Crippen LogP contribution >= 0.6 is 0 Å². The molecule has 1 aliphatic rings. The van der Waals surface area contributed by atoms with E-state index in [0.717, 1.165) is 11.3 Å². The number of rotatable bonds is 2. The van der Waals surface area contributed by atoms with Gasteiger partial charge in [-0.15, -0.1) is 6.42 Å². The van der Waals surface area contributed by atoms with E-state index in [1.165, 1.54) is 6.92 Å². The summed E-state index contributed by atoms with van der Waals surface area (Å²) in [6, 6.07) is 5.37. The van der Waals surface area contributed by atoms with Gasteiger partial charge in [-0.2, -0.15) is 5.10 Å². The van der Waals surface area contributed by atoms with Gasteiger partial charge in [0, 0.05) is 24.8 Å². The Morgan fingerprint density at radius 3 is 2.90 bits per heavy atom. The Bertz CT molecular complexity index is 641. The minimum Gasteiger partial charge on any atom is -0.325 e. The van der Waals surface area contributed by atoms with E-state index >= 15 is 0 Å². The number of amides is 2. The normalized spacial score (nSPS) is 17.8. The minimum absolute atomic E-state index is 0.0287. The summed E-state index contributed by atoms with van der Waals surface area (Å²) in [4.78, 5) is 22.4. The van der Waals surface area contributed by atoms with Crippen molar-refractivity contribution in [3.8, 4) is 12.3 Å². The number of carbonyl (C=O) groups is 2. The zero-order valence-corrected chi connectivity index (χ0v) is 11.4. The van der Waals surface area contributed by atoms with Gasteiger partial charge >= 0.3 is 0 Å². The van der Waals surface area contributed by atoms with Crippen molar-refractivity contribution in [3.63, 3.8) is 0 Å². The van der Waals surface area contributed by atoms with Gasteiger partial charge < -0.3 is 5.32 Å². The van der Waals surface area contributed by atoms with Crippen molar-refractivity contribution in [2.24, 2.45) is 11.0 Å². The van der Waals surface area contributed by atoms with Gasteiger partial charge in [0.15, 0.2) is 0 Å². The Morgan fingerprint density at radius 1 is 1.55 bits per heavy atom. The van der Waals surface area contributed by atoms with Crippen LogP contribution in [0.3, 0.4) is 0 Å². The summed E-state index contributed by atoms with van der Waals surface area (Å²) < 4.78 is 0. The lowest BCUT2D eigenvalue weighted by Gasteiger charge is -2.19. The molecule has 0 aromatic heterocycles. The average molecular weight is 269 g/mol. The van der Waals surface area contributed by atoms with Gasteiger partial charge in [-0.1, -0.05) is 18.9 Å². The Balaban J connectivity index is 2.37. The molecule has 0 fully saturated rings. The van der Waals surface area contributed by atoms with Crippen molar-refractivity contribution in [1.82, 2.24) is 5.43 Å². The predicted molar refractivity (Wildman–Crippen MR) is 77.1 cm³/mol. The van der Waals surface area contributed by atoms with Crippen LogP contribution in [0.1, 0.15) is 31.4 Å². The van der Waals surface area contributed by atoms with Gasteiger partial charge in [-0.25, -0.2) is 5.43 Å². The number of hydrazone groups is 1. The molecule has 2 rings (SSSR count). The molecule has 0 bridgehead atoms. The summed E-state index contributed by atoms with van der Waals surface area (Å²) in [5, 5.41) is 6.77. The van der Waals surface area contributed by atoms with Crippen LogP contribution in [0.5, 0.6) is 0 Å². The Morgan fingerprint density at radius 2 is 2.30 bits per heavy atom. The first-order valence-electron chi connectivity index (χ1n) is 6.26. The summed E-state index contributed by atoms with van der Waals surface area (Å²) in [5.74, 6) is 2.31. The van der Waals surface area contributed by atoms with Crippen molar-refractivity contribution < 1.29 is 9.59 Å². The van der Waals surface area contributed by atoms with Crippen molar-refractivity contribution in [2.75, 3.05) is 5.32 Å². The van der Waals surface area contributed by atoms with E-state index in [1.807, 2.05) is 13.0 Å². The van der Waals surface area contributed by atoms with Gasteiger partial charge in [0.1, 0.15) is 0 Å². The number of hydrogen-bond acceptors (Lipinski definition) is 3. The van der Waals surface area contributed by atoms with E-state index in [4.69, 9.17) is 6.42 Å². The topological polar surface area (TPSA) is 70.6 Å². The molecular formula is C15H15N3O2. The van der Waals surface area contributed by atoms with Crippen LogP contribution in [-0.4, -0.2) is 17.5 Å². The van der Waals surface area contributed by atoms with Crippen LogP contribution in [0.4, 0.5) is 5.69 Å². The molecular weight excluding hydrogens is 254 g/mol. The molecule has 1 aliphatic heterocycles. The minimum atomic E-state index is -0.176. The van der Waals surface area contributed by atoms with Gasteiger partial charge in [-0.05, 0) is 17.7 Å². The largest absolute Gasteiger partial charge is 0.325 e. The fourth-order valence-electron chi connectivity index (χ4n) is 2.12. The first-order chi connectivity index (χ1) is 9.51. The molecule has 2 amide bonds. The summed E-state index contributed by atoms with van der Waals surface area (Å²) in [6.45, 7) is 3.37. The lowest BCUT2D eigenvalue weighted by molar-refractivity contribution is -0.122. The van der Waals surface area contributed by atoms with E-state index in [-0.39, 0.29) is 17.7 Å². The second-order valence-electron chi connectivity index (χ2n) is 4.72. The van der Waals surface area contributed by atoms with E-state index in [1.54, 1.807) is 12.1 Å². The number of anilines is 1. The molecule has 20 heavy (non-hydrogen) atoms. The third kappa shape index (κ3) is 2.86. The summed E-state index contributed by atoms with van der Waals surface area (Å²) in [6.07, 6.45) is 5.87. The Kier molecular flexibility index (Phi) is 3.85. The molecule has 0 aliphatic carbocycles. The number of hydrogen-bond donors (Lipinski definition) is 2. The van der Waals surface area contributed by atoms with Crippen LogP contribution in [0.2, 0.25) is 0 Å². The van der Waals surface area contributed by atoms with Gasteiger partial charge in [0.05, 0.1) is 11.4 Å². The maximum absolute atomic E-state index is 11.3. The molecule has 0 saturated heterocycles. The highest BCUT2D eigenvalue weighted by Gasteiger charge is 2.22. The lowest BCUT2D eigenvalue weighted by Crippen LogP contribution is -2.32. The lowest BCUT2D eigenvalue weighted by atomic mass is 9.93. The molecule has 5 heteroatoms. The molecule has 0 unspecified atom stereocenters. The van der Waals surface area contributed by atoms with Crippen molar-refractivity contribution in [2.45, 2.75) is 20.3 Å². The van der Waals surface area contributed by atoms with Crippen molar-refractivity contribution in [1.29, 1.82) is 0 Å². The van der Waals surface area contributed by atoms with Crippen molar-refractivity contribution >= 4 is 23.2 Å². The first kappa shape index (κ1) is 13.8. The van der Waals surface area contributed by atoms with Crippen LogP contribution in [-0.2, 0) is 9.59 Å². The highest BCUT2D eigenvalue weighted by atomic mass is 16.2. The molecule has 0 spiro atoms. The second kappa shape index (κ2) is 5.57. The highest BCUT2D eigenvalue weighted by molar-refractivity contribution is 6.06. The third-order valence-electron chi connectivity index (χ3n) is 3.04. The number of terminal acetylenes is 1. The SMILES string of the molecule is C#Cc1cc(C2=NNC(=O)C[C@H]2C)ccc1NC(C)=O. The molecule has 102 valence electrons. The molecule has 1 aromatic rings. The zero-order chi connectivity index (χ0) is 14.7. The zero-order valence-electron chi connectivity index (χ0n) is 11.4. The van der Waals surface area contributed by atoms with E-state index in [2.05, 4.69) is 21.8 Å². The number of benzene rings is 1. The smallest absolute Gasteiger partial charge is 0.240 e. The van der Waals surface area contributed by atoms with Gasteiger partial charge in [0.2, 0.25) is 11.8 Å². The molecule has 2 N–H and O–H groups in total. The fourth-order valence-corrected chi connectivity index (χ4v) is 2.12. The molecule has 5 nitrogen and oxygen atoms in total. The van der Waals surface area contributed by atoms with Crippen LogP contribution < -0.4 is 10.7 Å². The molecule has 0 radical (unpaired) electrons. The van der Waals surface area contributed by atoms with E-state index in [0.29, 0.717) is 17.7 Å². The summed E-state index contributed by atoms with van der Waals surface area (Å²) in [7, 11) is 0. The first-order valence-corrected chi connectivity index (χ1v) is 6.26. The highest BCUT2D eigenvalue weighted by Crippen LogP contribution is 2.21. The van der Waals surface area contributed by atoms with Crippen LogP contribution in [0, 0.1) is 18.3 Å². The summed E-state index contributed by atoms with van der Waals surface area (Å²) >= 11 is 0. The maximum Gasteiger partial charge on any atom is 0.240 e. The Hall–Kier alpha value is -2.61. The third-order valence-corrected chi connectivity index (χ3v) is 3.04. The number of carbonyl (C=O) groups excluding carboxylic acids is 2. The molecule has 0 saturated carbocycles. The summed E-state index contributed by atoms with van der Waals surface area (Å²) in [5.41, 5.74) is 5.29. The predicted octanol–water partition coefficient (Wildman–Crippen LogP) is 1.49. The standard InChI is InChI=1S/C15H15N3O2/c1-4-11-8-12(5-6-13(11)16-10(3)19)15-9(2)7-14(20)17-18-15/h1,5-6,8-9H,7H2,2-3H3,(H,16,19)(H,17,20)/t9-/m1/s1. The Labute approximate surface area is 117 Å². The van der Waals surface area contributed by atoms with E-state index in [9.17, 15) is 9.59 Å². The monoisotopic (exact) mass is 269 g/mol. The number of nitrogens with zero attached hydrogens (tertiary/aromatic N) is 1. The molecule has 1 atom stereocenters. The van der Waals surface area contributed by atoms with Crippen LogP contribution in [0.25, 0.3) is 0 Å². The van der Waals surface area contributed by atoms with Crippen molar-refractivity contribution in [3.05, 3.63) is 29.3 Å². The quantitative estimate of drug-likeness (QED) is 0.798. The fraction of sp³-hybridized carbons (Fsp3) is 0.267. The average Bonchev–Trinajstić information content (AvgIpc) is 2.39. The number of nitrogens with one attached hydrogen (secondary N) is 2. The second-order valence-corrected chi connectivity index (χ2v) is 4.72. The van der Waals surface area contributed by atoms with Gasteiger partial charge in [0.25, 0.3) is 0 Å². The van der Waals surface area contributed by atoms with E-state index < -0.39 is 0 Å². The molecule has 1 aromatic carbocycles. The maximum atomic E-state index is 11.3. The molecule has 1 heterocycles. The van der Waals surface area contributed by atoms with Gasteiger partial charge in [-0.3, -0.25) is 9.59 Å².